The second kappa shape index (κ2) is 9.02. The normalized spacial score (nSPS) is 26.5. The Bertz CT molecular complexity index is 347. The van der Waals surface area contributed by atoms with E-state index in [4.69, 9.17) is 4.74 Å². The Balaban J connectivity index is 2.21. The van der Waals surface area contributed by atoms with Crippen LogP contribution in [-0.2, 0) is 9.53 Å². The predicted molar refractivity (Wildman–Crippen MR) is 78.4 cm³/mol. The van der Waals surface area contributed by atoms with Crippen LogP contribution in [0.5, 0.6) is 0 Å². The Morgan fingerprint density at radius 2 is 1.90 bits per heavy atom. The first-order valence-corrected chi connectivity index (χ1v) is 7.66. The Morgan fingerprint density at radius 3 is 2.48 bits per heavy atom. The van der Waals surface area contributed by atoms with Gasteiger partial charge in [-0.25, -0.2) is 0 Å². The molecule has 1 aliphatic rings. The van der Waals surface area contributed by atoms with Gasteiger partial charge >= 0.3 is 0 Å². The monoisotopic (exact) mass is 301 g/mol. The molecule has 122 valence electrons. The Kier molecular flexibility index (Phi) is 7.71. The van der Waals surface area contributed by atoms with E-state index in [2.05, 4.69) is 18.8 Å². The number of ether oxygens (including phenoxy) is 1. The van der Waals surface area contributed by atoms with Crippen molar-refractivity contribution in [2.45, 2.75) is 69.9 Å². The quantitative estimate of drug-likeness (QED) is 0.464. The highest BCUT2D eigenvalue weighted by atomic mass is 16.5. The first-order chi connectivity index (χ1) is 9.99. The lowest BCUT2D eigenvalue weighted by atomic mass is 10.1. The number of carbonyl (C=O) groups excluding carboxylic acids is 1. The molecular weight excluding hydrogens is 274 g/mol. The van der Waals surface area contributed by atoms with Gasteiger partial charge in [0.05, 0.1) is 0 Å². The zero-order valence-corrected chi connectivity index (χ0v) is 12.6. The molecule has 0 aromatic carbocycles. The Hall–Kier alpha value is -1.11. The summed E-state index contributed by atoms with van der Waals surface area (Å²) in [6, 6.07) is 0. The summed E-state index contributed by atoms with van der Waals surface area (Å²) in [6.07, 6.45) is 1.37. The van der Waals surface area contributed by atoms with Crippen molar-refractivity contribution in [3.8, 4) is 0 Å². The van der Waals surface area contributed by atoms with Crippen molar-refractivity contribution in [2.24, 2.45) is 0 Å². The standard InChI is InChI=1S/C15H27NO5/c1-3-4-5-6-7-8-9-16-15(20)13(19)14-12(18)11(17)10(2)21-14/h11-14,17-19H,2-9H2,1H3,(H,16,20)/t11-,12-,13-,14+/m1/s1. The van der Waals surface area contributed by atoms with Gasteiger partial charge in [-0.05, 0) is 6.42 Å². The lowest BCUT2D eigenvalue weighted by Crippen LogP contribution is -2.47. The van der Waals surface area contributed by atoms with Crippen LogP contribution in [0, 0.1) is 0 Å². The van der Waals surface area contributed by atoms with Crippen molar-refractivity contribution in [1.82, 2.24) is 5.32 Å². The molecule has 4 N–H and O–H groups in total. The Morgan fingerprint density at radius 1 is 1.29 bits per heavy atom. The average Bonchev–Trinajstić information content (AvgIpc) is 2.73. The van der Waals surface area contributed by atoms with Crippen LogP contribution >= 0.6 is 0 Å². The van der Waals surface area contributed by atoms with Gasteiger partial charge in [0.2, 0.25) is 0 Å². The molecule has 1 rings (SSSR count). The summed E-state index contributed by atoms with van der Waals surface area (Å²) in [5.74, 6) is -0.634. The van der Waals surface area contributed by atoms with Gasteiger partial charge in [0.1, 0.15) is 18.0 Å². The fourth-order valence-electron chi connectivity index (χ4n) is 2.31. The number of aliphatic hydroxyl groups is 3. The molecule has 1 amide bonds. The van der Waals surface area contributed by atoms with Crippen LogP contribution in [-0.4, -0.2) is 52.2 Å². The lowest BCUT2D eigenvalue weighted by molar-refractivity contribution is -0.138. The fraction of sp³-hybridized carbons (Fsp3) is 0.800. The van der Waals surface area contributed by atoms with Gasteiger partial charge in [0.25, 0.3) is 5.91 Å². The van der Waals surface area contributed by atoms with E-state index < -0.39 is 30.3 Å². The average molecular weight is 301 g/mol. The third-order valence-corrected chi connectivity index (χ3v) is 3.69. The van der Waals surface area contributed by atoms with Crippen molar-refractivity contribution in [3.63, 3.8) is 0 Å². The van der Waals surface area contributed by atoms with Gasteiger partial charge in [-0.2, -0.15) is 0 Å². The topological polar surface area (TPSA) is 99.0 Å². The minimum absolute atomic E-state index is 0.0322. The molecule has 0 aliphatic carbocycles. The zero-order valence-electron chi connectivity index (χ0n) is 12.6. The number of aliphatic hydroxyl groups excluding tert-OH is 3. The molecular formula is C15H27NO5. The molecule has 0 radical (unpaired) electrons. The Labute approximate surface area is 125 Å². The smallest absolute Gasteiger partial charge is 0.252 e. The van der Waals surface area contributed by atoms with E-state index in [0.29, 0.717) is 6.54 Å². The molecule has 1 heterocycles. The third-order valence-electron chi connectivity index (χ3n) is 3.69. The van der Waals surface area contributed by atoms with Gasteiger partial charge < -0.3 is 25.4 Å². The maximum absolute atomic E-state index is 11.8. The van der Waals surface area contributed by atoms with Crippen molar-refractivity contribution in [3.05, 3.63) is 12.3 Å². The van der Waals surface area contributed by atoms with E-state index in [1.165, 1.54) is 19.3 Å². The number of hydrogen-bond donors (Lipinski definition) is 4. The number of rotatable bonds is 9. The molecule has 1 aliphatic heterocycles. The summed E-state index contributed by atoms with van der Waals surface area (Å²) in [4.78, 5) is 11.8. The zero-order chi connectivity index (χ0) is 15.8. The van der Waals surface area contributed by atoms with E-state index in [9.17, 15) is 20.1 Å². The maximum Gasteiger partial charge on any atom is 0.252 e. The van der Waals surface area contributed by atoms with Crippen LogP contribution in [0.25, 0.3) is 0 Å². The van der Waals surface area contributed by atoms with E-state index in [0.717, 1.165) is 19.3 Å². The number of hydrogen-bond acceptors (Lipinski definition) is 5. The predicted octanol–water partition coefficient (Wildman–Crippen LogP) is 0.458. The molecule has 0 spiro atoms. The van der Waals surface area contributed by atoms with E-state index in [1.807, 2.05) is 0 Å². The SMILES string of the molecule is C=C1O[C@H]([C@@H](O)C(=O)NCCCCCCCC)[C@H](O)[C@@H]1O. The van der Waals surface area contributed by atoms with Gasteiger partial charge in [0, 0.05) is 6.54 Å². The lowest BCUT2D eigenvalue weighted by Gasteiger charge is -2.20. The second-order valence-corrected chi connectivity index (χ2v) is 5.49. The molecule has 0 unspecified atom stereocenters. The minimum Gasteiger partial charge on any atom is -0.486 e. The van der Waals surface area contributed by atoms with Crippen molar-refractivity contribution in [2.75, 3.05) is 6.54 Å². The first kappa shape index (κ1) is 17.9. The first-order valence-electron chi connectivity index (χ1n) is 7.66. The molecule has 21 heavy (non-hydrogen) atoms. The molecule has 0 saturated carbocycles. The summed E-state index contributed by atoms with van der Waals surface area (Å²) in [5.41, 5.74) is 0. The van der Waals surface area contributed by atoms with Crippen molar-refractivity contribution < 1.29 is 24.9 Å². The summed E-state index contributed by atoms with van der Waals surface area (Å²) < 4.78 is 5.04. The number of nitrogens with one attached hydrogen (secondary N) is 1. The maximum atomic E-state index is 11.8. The van der Waals surface area contributed by atoms with Gasteiger partial charge in [-0.15, -0.1) is 0 Å². The van der Waals surface area contributed by atoms with Gasteiger partial charge in [-0.3, -0.25) is 4.79 Å². The van der Waals surface area contributed by atoms with E-state index in [1.54, 1.807) is 0 Å². The second-order valence-electron chi connectivity index (χ2n) is 5.49. The molecule has 4 atom stereocenters. The number of amides is 1. The van der Waals surface area contributed by atoms with Crippen molar-refractivity contribution in [1.29, 1.82) is 0 Å². The van der Waals surface area contributed by atoms with Crippen LogP contribution < -0.4 is 5.32 Å². The fourth-order valence-corrected chi connectivity index (χ4v) is 2.31. The van der Waals surface area contributed by atoms with Gasteiger partial charge in [-0.1, -0.05) is 45.6 Å². The van der Waals surface area contributed by atoms with E-state index in [-0.39, 0.29) is 5.76 Å². The van der Waals surface area contributed by atoms with Crippen LogP contribution in [0.4, 0.5) is 0 Å². The van der Waals surface area contributed by atoms with Crippen LogP contribution in [0.2, 0.25) is 0 Å². The molecule has 1 saturated heterocycles. The molecule has 6 heteroatoms. The van der Waals surface area contributed by atoms with Crippen LogP contribution in [0.3, 0.4) is 0 Å². The third kappa shape index (κ3) is 5.30. The highest BCUT2D eigenvalue weighted by molar-refractivity contribution is 5.81. The van der Waals surface area contributed by atoms with Crippen LogP contribution in [0.15, 0.2) is 12.3 Å². The molecule has 0 aromatic heterocycles. The van der Waals surface area contributed by atoms with Gasteiger partial charge in [0.15, 0.2) is 12.2 Å². The molecule has 0 aromatic rings. The molecule has 0 bridgehead atoms. The van der Waals surface area contributed by atoms with Crippen LogP contribution in [0.1, 0.15) is 45.4 Å². The van der Waals surface area contributed by atoms with Crippen molar-refractivity contribution >= 4 is 5.91 Å². The largest absolute Gasteiger partial charge is 0.486 e. The highest BCUT2D eigenvalue weighted by Gasteiger charge is 2.45. The molecule has 1 fully saturated rings. The summed E-state index contributed by atoms with van der Waals surface area (Å²) in [6.45, 7) is 6.05. The minimum atomic E-state index is -1.52. The van der Waals surface area contributed by atoms with E-state index >= 15 is 0 Å². The molecule has 6 nitrogen and oxygen atoms in total. The number of unbranched alkanes of at least 4 members (excludes halogenated alkanes) is 5. The summed E-state index contributed by atoms with van der Waals surface area (Å²) >= 11 is 0. The summed E-state index contributed by atoms with van der Waals surface area (Å²) in [5, 5.41) is 31.6. The highest BCUT2D eigenvalue weighted by Crippen LogP contribution is 2.25. The number of carbonyl (C=O) groups is 1. The summed E-state index contributed by atoms with van der Waals surface area (Å²) in [7, 11) is 0.